The molecule has 1 aromatic carbocycles. The Bertz CT molecular complexity index is 673. The summed E-state index contributed by atoms with van der Waals surface area (Å²) in [6, 6.07) is 3.44. The molecule has 7 heteroatoms. The largest absolute Gasteiger partial charge is 0.495 e. The van der Waals surface area contributed by atoms with E-state index in [0.29, 0.717) is 29.4 Å². The van der Waals surface area contributed by atoms with Gasteiger partial charge in [-0.05, 0) is 37.8 Å². The first-order valence-electron chi connectivity index (χ1n) is 8.54. The van der Waals surface area contributed by atoms with Crippen LogP contribution in [0.15, 0.2) is 12.1 Å². The fourth-order valence-electron chi connectivity index (χ4n) is 3.08. The molecule has 2 aliphatic rings. The first kappa shape index (κ1) is 18.0. The van der Waals surface area contributed by atoms with Gasteiger partial charge in [0.05, 0.1) is 30.7 Å². The lowest BCUT2D eigenvalue weighted by Gasteiger charge is -2.13. The molecule has 1 saturated carbocycles. The molecular formula is C18H23ClN2O4. The average molecular weight is 367 g/mol. The van der Waals surface area contributed by atoms with E-state index >= 15 is 0 Å². The minimum absolute atomic E-state index is 0.0742. The van der Waals surface area contributed by atoms with Gasteiger partial charge < -0.3 is 20.1 Å². The predicted molar refractivity (Wildman–Crippen MR) is 95.0 cm³/mol. The Labute approximate surface area is 152 Å². The number of rotatable bonds is 6. The highest BCUT2D eigenvalue weighted by Gasteiger charge is 2.48. The van der Waals surface area contributed by atoms with Crippen molar-refractivity contribution in [3.05, 3.63) is 22.7 Å². The van der Waals surface area contributed by atoms with Crippen molar-refractivity contribution < 1.29 is 19.1 Å². The monoisotopic (exact) mass is 366 g/mol. The van der Waals surface area contributed by atoms with Crippen LogP contribution < -0.4 is 15.4 Å². The highest BCUT2D eigenvalue weighted by Crippen LogP contribution is 2.40. The normalized spacial score (nSPS) is 24.7. The molecule has 3 unspecified atom stereocenters. The van der Waals surface area contributed by atoms with E-state index in [9.17, 15) is 9.59 Å². The molecule has 25 heavy (non-hydrogen) atoms. The van der Waals surface area contributed by atoms with Gasteiger partial charge in [0.1, 0.15) is 5.75 Å². The molecule has 6 nitrogen and oxygen atoms in total. The minimum atomic E-state index is -0.301. The number of nitrogens with one attached hydrogen (secondary N) is 2. The SMILES string of the molecule is COc1cc(Cl)c(C)cc1NC(=O)C1CC1C(=O)NCC1CCCO1. The zero-order valence-electron chi connectivity index (χ0n) is 14.4. The third-order valence-electron chi connectivity index (χ3n) is 4.73. The van der Waals surface area contributed by atoms with Crippen molar-refractivity contribution in [2.75, 3.05) is 25.6 Å². The molecule has 0 aromatic heterocycles. The summed E-state index contributed by atoms with van der Waals surface area (Å²) in [6.45, 7) is 3.14. The fraction of sp³-hybridized carbons (Fsp3) is 0.556. The zero-order chi connectivity index (χ0) is 18.0. The van der Waals surface area contributed by atoms with Crippen LogP contribution in [0.2, 0.25) is 5.02 Å². The predicted octanol–water partition coefficient (Wildman–Crippen LogP) is 2.53. The van der Waals surface area contributed by atoms with Crippen LogP contribution in [-0.2, 0) is 14.3 Å². The Morgan fingerprint density at radius 1 is 1.32 bits per heavy atom. The summed E-state index contributed by atoms with van der Waals surface area (Å²) < 4.78 is 10.7. The Morgan fingerprint density at radius 2 is 2.08 bits per heavy atom. The zero-order valence-corrected chi connectivity index (χ0v) is 15.2. The molecule has 2 fully saturated rings. The van der Waals surface area contributed by atoms with E-state index in [1.165, 1.54) is 7.11 Å². The Balaban J connectivity index is 1.53. The van der Waals surface area contributed by atoms with Gasteiger partial charge in [-0.3, -0.25) is 9.59 Å². The lowest BCUT2D eigenvalue weighted by atomic mass is 10.2. The van der Waals surface area contributed by atoms with E-state index in [1.807, 2.05) is 6.92 Å². The van der Waals surface area contributed by atoms with Gasteiger partial charge in [-0.25, -0.2) is 0 Å². The van der Waals surface area contributed by atoms with Crippen molar-refractivity contribution in [3.63, 3.8) is 0 Å². The lowest BCUT2D eigenvalue weighted by molar-refractivity contribution is -0.125. The van der Waals surface area contributed by atoms with E-state index in [2.05, 4.69) is 10.6 Å². The number of hydrogen-bond donors (Lipinski definition) is 2. The summed E-state index contributed by atoms with van der Waals surface area (Å²) in [4.78, 5) is 24.6. The molecule has 0 radical (unpaired) electrons. The van der Waals surface area contributed by atoms with Crippen molar-refractivity contribution in [2.45, 2.75) is 32.3 Å². The number of aryl methyl sites for hydroxylation is 1. The molecule has 3 rings (SSSR count). The van der Waals surface area contributed by atoms with Crippen LogP contribution in [-0.4, -0.2) is 38.2 Å². The molecule has 1 saturated heterocycles. The maximum absolute atomic E-state index is 12.4. The maximum atomic E-state index is 12.4. The first-order chi connectivity index (χ1) is 12.0. The van der Waals surface area contributed by atoms with Gasteiger partial charge >= 0.3 is 0 Å². The number of methoxy groups -OCH3 is 1. The second kappa shape index (κ2) is 7.62. The lowest BCUT2D eigenvalue weighted by Crippen LogP contribution is -2.33. The molecule has 1 heterocycles. The molecule has 0 bridgehead atoms. The average Bonchev–Trinajstić information content (AvgIpc) is 3.23. The number of amides is 2. The van der Waals surface area contributed by atoms with E-state index in [-0.39, 0.29) is 29.8 Å². The molecule has 1 aliphatic carbocycles. The Morgan fingerprint density at radius 3 is 2.76 bits per heavy atom. The number of carbonyl (C=O) groups is 2. The molecule has 136 valence electrons. The minimum Gasteiger partial charge on any atom is -0.495 e. The second-order valence-electron chi connectivity index (χ2n) is 6.62. The molecule has 1 aromatic rings. The summed E-state index contributed by atoms with van der Waals surface area (Å²) in [6.07, 6.45) is 2.69. The van der Waals surface area contributed by atoms with Crippen LogP contribution in [0, 0.1) is 18.8 Å². The summed E-state index contributed by atoms with van der Waals surface area (Å²) in [5.41, 5.74) is 1.42. The third-order valence-corrected chi connectivity index (χ3v) is 5.14. The highest BCUT2D eigenvalue weighted by atomic mass is 35.5. The van der Waals surface area contributed by atoms with Gasteiger partial charge in [0, 0.05) is 24.2 Å². The van der Waals surface area contributed by atoms with Crippen molar-refractivity contribution in [3.8, 4) is 5.75 Å². The standard InChI is InChI=1S/C18H23ClN2O4/c1-10-6-15(16(24-2)8-14(10)19)21-18(23)13-7-12(13)17(22)20-9-11-4-3-5-25-11/h6,8,11-13H,3-5,7,9H2,1-2H3,(H,20,22)(H,21,23). The van der Waals surface area contributed by atoms with Crippen LogP contribution in [0.1, 0.15) is 24.8 Å². The summed E-state index contributed by atoms with van der Waals surface area (Å²) in [5, 5.41) is 6.31. The van der Waals surface area contributed by atoms with Crippen LogP contribution in [0.3, 0.4) is 0 Å². The van der Waals surface area contributed by atoms with Crippen LogP contribution in [0.5, 0.6) is 5.75 Å². The Kier molecular flexibility index (Phi) is 5.49. The van der Waals surface area contributed by atoms with Gasteiger partial charge in [-0.15, -0.1) is 0 Å². The molecule has 1 aliphatic heterocycles. The number of benzene rings is 1. The molecule has 3 atom stereocenters. The van der Waals surface area contributed by atoms with E-state index < -0.39 is 0 Å². The van der Waals surface area contributed by atoms with Crippen molar-refractivity contribution in [2.24, 2.45) is 11.8 Å². The van der Waals surface area contributed by atoms with Gasteiger partial charge in [-0.1, -0.05) is 11.6 Å². The van der Waals surface area contributed by atoms with Crippen molar-refractivity contribution in [1.82, 2.24) is 5.32 Å². The molecule has 2 amide bonds. The second-order valence-corrected chi connectivity index (χ2v) is 7.03. The highest BCUT2D eigenvalue weighted by molar-refractivity contribution is 6.31. The summed E-state index contributed by atoms with van der Waals surface area (Å²) in [7, 11) is 1.52. The van der Waals surface area contributed by atoms with Crippen molar-refractivity contribution in [1.29, 1.82) is 0 Å². The summed E-state index contributed by atoms with van der Waals surface area (Å²) >= 11 is 6.07. The van der Waals surface area contributed by atoms with Crippen LogP contribution >= 0.6 is 11.6 Å². The Hall–Kier alpha value is -1.79. The number of halogens is 1. The quantitative estimate of drug-likeness (QED) is 0.811. The van der Waals surface area contributed by atoms with Gasteiger partial charge in [0.2, 0.25) is 11.8 Å². The van der Waals surface area contributed by atoms with Gasteiger partial charge in [-0.2, -0.15) is 0 Å². The number of hydrogen-bond acceptors (Lipinski definition) is 4. The van der Waals surface area contributed by atoms with Gasteiger partial charge in [0.15, 0.2) is 0 Å². The maximum Gasteiger partial charge on any atom is 0.228 e. The first-order valence-corrected chi connectivity index (χ1v) is 8.91. The van der Waals surface area contributed by atoms with Crippen LogP contribution in [0.4, 0.5) is 5.69 Å². The third kappa shape index (κ3) is 4.25. The fourth-order valence-corrected chi connectivity index (χ4v) is 3.23. The number of carbonyl (C=O) groups excluding carboxylic acids is 2. The van der Waals surface area contributed by atoms with E-state index in [1.54, 1.807) is 12.1 Å². The number of ether oxygens (including phenoxy) is 2. The smallest absolute Gasteiger partial charge is 0.228 e. The van der Waals surface area contributed by atoms with E-state index in [0.717, 1.165) is 25.0 Å². The van der Waals surface area contributed by atoms with Crippen molar-refractivity contribution >= 4 is 29.1 Å². The van der Waals surface area contributed by atoms with Crippen LogP contribution in [0.25, 0.3) is 0 Å². The van der Waals surface area contributed by atoms with Gasteiger partial charge in [0.25, 0.3) is 0 Å². The summed E-state index contributed by atoms with van der Waals surface area (Å²) in [5.74, 6) is -0.304. The molecule has 0 spiro atoms. The molecule has 2 N–H and O–H groups in total. The number of anilines is 1. The molecular weight excluding hydrogens is 344 g/mol. The van der Waals surface area contributed by atoms with E-state index in [4.69, 9.17) is 21.1 Å². The topological polar surface area (TPSA) is 76.7 Å².